The van der Waals surface area contributed by atoms with Crippen molar-refractivity contribution in [2.24, 2.45) is 0 Å². The second kappa shape index (κ2) is 15.0. The van der Waals surface area contributed by atoms with Crippen LogP contribution in [0.15, 0.2) is 30.3 Å². The largest absolute Gasteiger partial charge is 0.326 e. The third-order valence-corrected chi connectivity index (χ3v) is 3.08. The molecule has 0 saturated carbocycles. The molecule has 0 radical (unpaired) electrons. The molecular weight excluding hydrogens is 288 g/mol. The summed E-state index contributed by atoms with van der Waals surface area (Å²) in [5.74, 6) is -0.0359. The van der Waals surface area contributed by atoms with E-state index in [1.165, 1.54) is 21.0 Å². The van der Waals surface area contributed by atoms with Crippen LogP contribution in [-0.4, -0.2) is 39.0 Å². The monoisotopic (exact) mass is 318 g/mol. The Morgan fingerprint density at radius 3 is 1.57 bits per heavy atom. The number of para-hydroxylation sites is 1. The van der Waals surface area contributed by atoms with E-state index in [-0.39, 0.29) is 5.91 Å². The number of nitrogens with zero attached hydrogens (tertiary/aromatic N) is 1. The Balaban J connectivity index is -0.000000260. The summed E-state index contributed by atoms with van der Waals surface area (Å²) in [6.07, 6.45) is 1.16. The van der Waals surface area contributed by atoms with Crippen molar-refractivity contribution in [1.29, 1.82) is 0 Å². The summed E-state index contributed by atoms with van der Waals surface area (Å²) in [6, 6.07) is 9.37. The predicted molar refractivity (Wildman–Crippen MR) is 92.0 cm³/mol. The van der Waals surface area contributed by atoms with Crippen LogP contribution in [0.2, 0.25) is 0 Å². The third kappa shape index (κ3) is 18.6. The van der Waals surface area contributed by atoms with Crippen LogP contribution in [0.5, 0.6) is 0 Å². The van der Waals surface area contributed by atoms with E-state index < -0.39 is 10.0 Å². The van der Waals surface area contributed by atoms with E-state index in [2.05, 4.69) is 5.32 Å². The zero-order valence-electron chi connectivity index (χ0n) is 14.5. The lowest BCUT2D eigenvalue weighted by Gasteiger charge is -2.02. The zero-order valence-corrected chi connectivity index (χ0v) is 15.3. The van der Waals surface area contributed by atoms with Gasteiger partial charge in [0.25, 0.3) is 0 Å². The maximum atomic E-state index is 10.5. The van der Waals surface area contributed by atoms with Crippen LogP contribution >= 0.6 is 0 Å². The Hall–Kier alpha value is -1.40. The van der Waals surface area contributed by atoms with Crippen molar-refractivity contribution < 1.29 is 13.2 Å². The van der Waals surface area contributed by atoms with Crippen LogP contribution in [0, 0.1) is 0 Å². The molecule has 1 aromatic rings. The molecule has 0 atom stereocenters. The highest BCUT2D eigenvalue weighted by Gasteiger charge is 2.00. The molecule has 0 aliphatic carbocycles. The molecule has 124 valence electrons. The second-order valence-electron chi connectivity index (χ2n) is 3.59. The van der Waals surface area contributed by atoms with Crippen molar-refractivity contribution in [3.8, 4) is 0 Å². The van der Waals surface area contributed by atoms with Gasteiger partial charge in [-0.05, 0) is 12.1 Å². The number of sulfonamides is 1. The standard InChI is InChI=1S/C8H9NO.C3H9NO2S.2C2H6/c1-7(10)9-8-5-3-2-4-6-8;1-4(2)7(3,5)6;2*1-2/h2-6H,1H3,(H,9,10);1-3H3;2*1-2H3. The minimum atomic E-state index is -2.91. The van der Waals surface area contributed by atoms with E-state index in [9.17, 15) is 13.2 Å². The first-order valence-corrected chi connectivity index (χ1v) is 8.78. The molecule has 0 bridgehead atoms. The van der Waals surface area contributed by atoms with E-state index in [1.807, 2.05) is 58.0 Å². The highest BCUT2D eigenvalue weighted by molar-refractivity contribution is 7.88. The molecule has 0 unspecified atom stereocenters. The van der Waals surface area contributed by atoms with E-state index >= 15 is 0 Å². The van der Waals surface area contributed by atoms with Gasteiger partial charge in [0.05, 0.1) is 6.26 Å². The minimum absolute atomic E-state index is 0.0359. The van der Waals surface area contributed by atoms with Gasteiger partial charge in [-0.1, -0.05) is 45.9 Å². The molecule has 0 saturated heterocycles. The lowest BCUT2D eigenvalue weighted by Crippen LogP contribution is -2.19. The molecule has 0 aromatic heterocycles. The molecule has 5 nitrogen and oxygen atoms in total. The Morgan fingerprint density at radius 2 is 1.33 bits per heavy atom. The fraction of sp³-hybridized carbons (Fsp3) is 0.533. The van der Waals surface area contributed by atoms with Gasteiger partial charge in [-0.15, -0.1) is 0 Å². The fourth-order valence-electron chi connectivity index (χ4n) is 0.725. The summed E-state index contributed by atoms with van der Waals surface area (Å²) in [5.41, 5.74) is 0.843. The zero-order chi connectivity index (χ0) is 17.5. The SMILES string of the molecule is CC.CC.CC(=O)Nc1ccccc1.CN(C)S(C)(=O)=O. The van der Waals surface area contributed by atoms with Gasteiger partial charge in [0.2, 0.25) is 15.9 Å². The topological polar surface area (TPSA) is 66.5 Å². The van der Waals surface area contributed by atoms with E-state index in [0.29, 0.717) is 0 Å². The molecule has 0 spiro atoms. The summed E-state index contributed by atoms with van der Waals surface area (Å²) in [5, 5.41) is 2.67. The number of anilines is 1. The van der Waals surface area contributed by atoms with Crippen molar-refractivity contribution in [3.63, 3.8) is 0 Å². The van der Waals surface area contributed by atoms with Gasteiger partial charge in [-0.25, -0.2) is 12.7 Å². The molecule has 6 heteroatoms. The van der Waals surface area contributed by atoms with E-state index in [4.69, 9.17) is 0 Å². The fourth-order valence-corrected chi connectivity index (χ4v) is 0.725. The van der Waals surface area contributed by atoms with Gasteiger partial charge < -0.3 is 5.32 Å². The maximum absolute atomic E-state index is 10.5. The van der Waals surface area contributed by atoms with Gasteiger partial charge in [-0.3, -0.25) is 4.79 Å². The van der Waals surface area contributed by atoms with Crippen molar-refractivity contribution in [3.05, 3.63) is 30.3 Å². The number of amides is 1. The highest BCUT2D eigenvalue weighted by Crippen LogP contribution is 2.03. The number of hydrogen-bond acceptors (Lipinski definition) is 3. The first-order valence-electron chi connectivity index (χ1n) is 6.93. The predicted octanol–water partition coefficient (Wildman–Crippen LogP) is 3.21. The highest BCUT2D eigenvalue weighted by atomic mass is 32.2. The molecule has 1 N–H and O–H groups in total. The van der Waals surface area contributed by atoms with Crippen LogP contribution in [0.4, 0.5) is 5.69 Å². The van der Waals surface area contributed by atoms with Crippen molar-refractivity contribution in [1.82, 2.24) is 4.31 Å². The van der Waals surface area contributed by atoms with Crippen LogP contribution in [-0.2, 0) is 14.8 Å². The number of benzene rings is 1. The van der Waals surface area contributed by atoms with Gasteiger partial charge in [-0.2, -0.15) is 0 Å². The van der Waals surface area contributed by atoms with Crippen molar-refractivity contribution in [2.75, 3.05) is 25.7 Å². The summed E-state index contributed by atoms with van der Waals surface area (Å²) in [6.45, 7) is 9.49. The number of carbonyl (C=O) groups excluding carboxylic acids is 1. The quantitative estimate of drug-likeness (QED) is 0.910. The summed E-state index contributed by atoms with van der Waals surface area (Å²) < 4.78 is 21.7. The van der Waals surface area contributed by atoms with Crippen molar-refractivity contribution in [2.45, 2.75) is 34.6 Å². The summed E-state index contributed by atoms with van der Waals surface area (Å²) in [4.78, 5) is 10.5. The third-order valence-electron chi connectivity index (χ3n) is 1.76. The first-order chi connectivity index (χ1) is 9.73. The molecule has 0 aliphatic rings. The van der Waals surface area contributed by atoms with Gasteiger partial charge in [0, 0.05) is 26.7 Å². The van der Waals surface area contributed by atoms with E-state index in [0.717, 1.165) is 16.2 Å². The summed E-state index contributed by atoms with van der Waals surface area (Å²) in [7, 11) is 0.0833. The minimum Gasteiger partial charge on any atom is -0.326 e. The molecule has 0 aliphatic heterocycles. The Bertz CT molecular complexity index is 443. The molecular formula is C15H30N2O3S. The molecule has 0 heterocycles. The number of carbonyl (C=O) groups is 1. The average Bonchev–Trinajstić information content (AvgIpc) is 2.43. The average molecular weight is 318 g/mol. The molecule has 1 aromatic carbocycles. The Morgan fingerprint density at radius 1 is 1.00 bits per heavy atom. The van der Waals surface area contributed by atoms with Crippen LogP contribution in [0.1, 0.15) is 34.6 Å². The van der Waals surface area contributed by atoms with Gasteiger partial charge in [0.15, 0.2) is 0 Å². The van der Waals surface area contributed by atoms with Gasteiger partial charge in [0.1, 0.15) is 0 Å². The molecule has 1 amide bonds. The lowest BCUT2D eigenvalue weighted by atomic mass is 10.3. The van der Waals surface area contributed by atoms with Crippen LogP contribution < -0.4 is 5.32 Å². The number of rotatable bonds is 2. The van der Waals surface area contributed by atoms with Crippen LogP contribution in [0.25, 0.3) is 0 Å². The smallest absolute Gasteiger partial charge is 0.221 e. The second-order valence-corrected chi connectivity index (χ2v) is 5.79. The first kappa shape index (κ1) is 24.6. The van der Waals surface area contributed by atoms with Crippen LogP contribution in [0.3, 0.4) is 0 Å². The van der Waals surface area contributed by atoms with Gasteiger partial charge >= 0.3 is 0 Å². The maximum Gasteiger partial charge on any atom is 0.221 e. The molecule has 0 fully saturated rings. The Labute approximate surface area is 130 Å². The van der Waals surface area contributed by atoms with Crippen molar-refractivity contribution >= 4 is 21.6 Å². The number of hydrogen-bond donors (Lipinski definition) is 1. The lowest BCUT2D eigenvalue weighted by molar-refractivity contribution is -0.114. The Kier molecular flexibility index (Phi) is 17.6. The number of nitrogens with one attached hydrogen (secondary N) is 1. The van der Waals surface area contributed by atoms with E-state index in [1.54, 1.807) is 0 Å². The molecule has 21 heavy (non-hydrogen) atoms. The molecule has 1 rings (SSSR count). The summed E-state index contributed by atoms with van der Waals surface area (Å²) >= 11 is 0. The normalized spacial score (nSPS) is 9.00.